The standard InChI is InChI=1S/C22H28ClNO2.C17H26ClNO4S.C6H6O/c1-21(2,17-25-19-8-5-4-6-9-19)24-15-7-14-22(3,16-24)26-20-12-10-18(23)11-13-20;1-16(2,13-22-24(4,20)21)19-11-5-10-17(3,12-19)23-15-8-6-14(18)7-9-15;7-6-4-2-1-3-5-6/h4-6,8-13H,7,14-17H2,1-3H3;6-9H,5,10-13H2,1-4H3;1-5,7H. The van der Waals surface area contributed by atoms with E-state index in [0.717, 1.165) is 73.8 Å². The Kier molecular flexibility index (Phi) is 16.6. The molecule has 1 N–H and O–H groups in total. The average Bonchev–Trinajstić information content (AvgIpc) is 3.16. The highest BCUT2D eigenvalue weighted by atomic mass is 35.5. The van der Waals surface area contributed by atoms with Gasteiger partial charge in [0.1, 0.15) is 40.8 Å². The lowest BCUT2D eigenvalue weighted by Gasteiger charge is -2.47. The van der Waals surface area contributed by atoms with Gasteiger partial charge in [-0.15, -0.1) is 0 Å². The number of para-hydroxylation sites is 2. The lowest BCUT2D eigenvalue weighted by molar-refractivity contribution is -0.0439. The van der Waals surface area contributed by atoms with Crippen LogP contribution in [0.2, 0.25) is 10.0 Å². The van der Waals surface area contributed by atoms with E-state index in [1.807, 2.05) is 98.8 Å². The number of piperidine rings is 2. The van der Waals surface area contributed by atoms with Crippen molar-refractivity contribution in [2.24, 2.45) is 0 Å². The van der Waals surface area contributed by atoms with Crippen molar-refractivity contribution in [3.63, 3.8) is 0 Å². The van der Waals surface area contributed by atoms with Crippen molar-refractivity contribution in [2.75, 3.05) is 45.6 Å². The molecule has 0 bridgehead atoms. The van der Waals surface area contributed by atoms with Crippen LogP contribution >= 0.6 is 23.2 Å². The van der Waals surface area contributed by atoms with Gasteiger partial charge in [-0.05, 0) is 153 Å². The van der Waals surface area contributed by atoms with Gasteiger partial charge < -0.3 is 19.3 Å². The minimum atomic E-state index is -3.45. The highest BCUT2D eigenvalue weighted by molar-refractivity contribution is 7.86. The topological polar surface area (TPSA) is 97.8 Å². The molecule has 4 aromatic carbocycles. The molecule has 0 aromatic heterocycles. The maximum Gasteiger partial charge on any atom is 0.264 e. The van der Waals surface area contributed by atoms with E-state index in [4.69, 9.17) is 46.7 Å². The zero-order valence-corrected chi connectivity index (χ0v) is 36.7. The maximum atomic E-state index is 11.3. The average molecular weight is 844 g/mol. The summed E-state index contributed by atoms with van der Waals surface area (Å²) in [6.45, 7) is 17.0. The number of halogens is 2. The molecule has 12 heteroatoms. The summed E-state index contributed by atoms with van der Waals surface area (Å²) in [4.78, 5) is 4.72. The highest BCUT2D eigenvalue weighted by Crippen LogP contribution is 2.33. The van der Waals surface area contributed by atoms with Crippen LogP contribution in [0.25, 0.3) is 0 Å². The number of aromatic hydroxyl groups is 1. The van der Waals surface area contributed by atoms with Gasteiger partial charge in [0, 0.05) is 34.2 Å². The monoisotopic (exact) mass is 842 g/mol. The van der Waals surface area contributed by atoms with Gasteiger partial charge in [0.15, 0.2) is 0 Å². The van der Waals surface area contributed by atoms with Crippen molar-refractivity contribution in [1.82, 2.24) is 9.80 Å². The highest BCUT2D eigenvalue weighted by Gasteiger charge is 2.41. The molecule has 0 spiro atoms. The number of hydrogen-bond acceptors (Lipinski definition) is 9. The maximum absolute atomic E-state index is 11.3. The number of phenols is 1. The fourth-order valence-corrected chi connectivity index (χ4v) is 7.58. The summed E-state index contributed by atoms with van der Waals surface area (Å²) in [7, 11) is -3.45. The van der Waals surface area contributed by atoms with Crippen LogP contribution in [0.3, 0.4) is 0 Å². The van der Waals surface area contributed by atoms with Gasteiger partial charge in [-0.2, -0.15) is 8.42 Å². The summed E-state index contributed by atoms with van der Waals surface area (Å²) in [6, 6.07) is 33.7. The smallest absolute Gasteiger partial charge is 0.264 e. The van der Waals surface area contributed by atoms with Crippen LogP contribution < -0.4 is 14.2 Å². The molecule has 0 aliphatic carbocycles. The zero-order chi connectivity index (χ0) is 41.7. The second-order valence-corrected chi connectivity index (χ2v) is 19.1. The van der Waals surface area contributed by atoms with Crippen LogP contribution in [0.15, 0.2) is 109 Å². The second-order valence-electron chi connectivity index (χ2n) is 16.6. The third-order valence-corrected chi connectivity index (χ3v) is 11.2. The van der Waals surface area contributed by atoms with E-state index in [-0.39, 0.29) is 23.3 Å². The van der Waals surface area contributed by atoms with Gasteiger partial charge in [0.2, 0.25) is 0 Å². The Morgan fingerprint density at radius 3 is 1.42 bits per heavy atom. The molecule has 9 nitrogen and oxygen atoms in total. The summed E-state index contributed by atoms with van der Waals surface area (Å²) in [5, 5.41) is 10.0. The van der Waals surface area contributed by atoms with Gasteiger partial charge in [-0.25, -0.2) is 0 Å². The Balaban J connectivity index is 0.000000216. The Morgan fingerprint density at radius 2 is 1.04 bits per heavy atom. The zero-order valence-electron chi connectivity index (χ0n) is 34.4. The lowest BCUT2D eigenvalue weighted by Crippen LogP contribution is -2.58. The van der Waals surface area contributed by atoms with Crippen molar-refractivity contribution in [3.05, 3.63) is 119 Å². The SMILES string of the molecule is CC1(Oc2ccc(Cl)cc2)CCCN(C(C)(C)COS(C)(=O)=O)C1.CC1(Oc2ccc(Cl)cc2)CCCN(C(C)(C)COc2ccccc2)C1.Oc1ccccc1. The molecule has 4 aromatic rings. The number of ether oxygens (including phenoxy) is 3. The van der Waals surface area contributed by atoms with Crippen LogP contribution in [-0.4, -0.2) is 91.3 Å². The van der Waals surface area contributed by atoms with E-state index >= 15 is 0 Å². The first-order chi connectivity index (χ1) is 26.7. The number of phenolic OH excluding ortho intramolecular Hbond substituents is 1. The summed E-state index contributed by atoms with van der Waals surface area (Å²) in [5.41, 5.74) is -1.01. The predicted molar refractivity (Wildman–Crippen MR) is 232 cm³/mol. The summed E-state index contributed by atoms with van der Waals surface area (Å²) < 4.78 is 46.2. The molecular weight excluding hydrogens is 783 g/mol. The van der Waals surface area contributed by atoms with E-state index in [1.165, 1.54) is 0 Å². The lowest BCUT2D eigenvalue weighted by atomic mass is 9.90. The molecule has 2 aliphatic heterocycles. The molecule has 0 radical (unpaired) electrons. The number of rotatable bonds is 12. The first kappa shape index (κ1) is 46.2. The number of nitrogens with zero attached hydrogens (tertiary/aromatic N) is 2. The Bertz CT molecular complexity index is 1900. The van der Waals surface area contributed by atoms with Gasteiger partial charge in [0.05, 0.1) is 12.9 Å². The van der Waals surface area contributed by atoms with Crippen LogP contribution in [0.5, 0.6) is 23.0 Å². The Labute approximate surface area is 350 Å². The van der Waals surface area contributed by atoms with E-state index in [0.29, 0.717) is 23.9 Å². The summed E-state index contributed by atoms with van der Waals surface area (Å²) >= 11 is 11.9. The van der Waals surface area contributed by atoms with Crippen LogP contribution in [0, 0.1) is 0 Å². The van der Waals surface area contributed by atoms with E-state index in [1.54, 1.807) is 24.3 Å². The van der Waals surface area contributed by atoms with Crippen LogP contribution in [0.4, 0.5) is 0 Å². The molecule has 0 amide bonds. The minimum Gasteiger partial charge on any atom is -0.508 e. The molecule has 2 atom stereocenters. The molecular formula is C45H60Cl2N2O7S. The second kappa shape index (κ2) is 20.5. The fraction of sp³-hybridized carbons (Fsp3) is 0.467. The van der Waals surface area contributed by atoms with Crippen LogP contribution in [0.1, 0.15) is 67.2 Å². The molecule has 0 saturated carbocycles. The minimum absolute atomic E-state index is 0.0686. The van der Waals surface area contributed by atoms with E-state index < -0.39 is 15.7 Å². The van der Waals surface area contributed by atoms with Crippen molar-refractivity contribution in [1.29, 1.82) is 0 Å². The van der Waals surface area contributed by atoms with Gasteiger partial charge in [0.25, 0.3) is 10.1 Å². The summed E-state index contributed by atoms with van der Waals surface area (Å²) in [6.07, 6.45) is 5.15. The van der Waals surface area contributed by atoms with Crippen molar-refractivity contribution in [2.45, 2.75) is 89.5 Å². The Morgan fingerprint density at radius 1 is 0.632 bits per heavy atom. The van der Waals surface area contributed by atoms with Gasteiger partial charge in [-0.3, -0.25) is 14.0 Å². The molecule has 2 saturated heterocycles. The molecule has 2 fully saturated rings. The Hall–Kier alpha value is -3.51. The van der Waals surface area contributed by atoms with Crippen molar-refractivity contribution in [3.8, 4) is 23.0 Å². The number of benzene rings is 4. The molecule has 57 heavy (non-hydrogen) atoms. The van der Waals surface area contributed by atoms with Gasteiger partial charge >= 0.3 is 0 Å². The number of hydrogen-bond donors (Lipinski definition) is 1. The molecule has 312 valence electrons. The molecule has 2 heterocycles. The van der Waals surface area contributed by atoms with Gasteiger partial charge in [-0.1, -0.05) is 59.6 Å². The van der Waals surface area contributed by atoms with Crippen molar-refractivity contribution >= 4 is 33.3 Å². The van der Waals surface area contributed by atoms with E-state index in [9.17, 15) is 8.42 Å². The third-order valence-electron chi connectivity index (χ3n) is 10.1. The first-order valence-corrected chi connectivity index (χ1v) is 22.0. The molecule has 6 rings (SSSR count). The fourth-order valence-electron chi connectivity index (χ4n) is 6.82. The van der Waals surface area contributed by atoms with Crippen LogP contribution in [-0.2, 0) is 14.3 Å². The predicted octanol–water partition coefficient (Wildman–Crippen LogP) is 10.2. The quantitative estimate of drug-likeness (QED) is 0.140. The molecule has 2 unspecified atom stereocenters. The first-order valence-electron chi connectivity index (χ1n) is 19.4. The largest absolute Gasteiger partial charge is 0.508 e. The summed E-state index contributed by atoms with van der Waals surface area (Å²) in [5.74, 6) is 2.89. The molecule has 2 aliphatic rings. The normalized spacial score (nSPS) is 20.6. The third kappa shape index (κ3) is 16.0. The van der Waals surface area contributed by atoms with Crippen molar-refractivity contribution < 1.29 is 31.9 Å². The van der Waals surface area contributed by atoms with E-state index in [2.05, 4.69) is 37.5 Å². The number of likely N-dealkylation sites (tertiary alicyclic amines) is 2.